The molecule has 0 aliphatic heterocycles. The van der Waals surface area contributed by atoms with Crippen LogP contribution in [-0.2, 0) is 21.4 Å². The van der Waals surface area contributed by atoms with E-state index in [1.54, 1.807) is 24.3 Å². The zero-order valence-electron chi connectivity index (χ0n) is 17.8. The van der Waals surface area contributed by atoms with Gasteiger partial charge in [-0.2, -0.15) is 0 Å². The minimum absolute atomic E-state index is 0.163. The highest BCUT2D eigenvalue weighted by Crippen LogP contribution is 2.18. The maximum absolute atomic E-state index is 12.2. The van der Waals surface area contributed by atoms with Crippen LogP contribution >= 0.6 is 0 Å². The number of carbonyl (C=O) groups excluding carboxylic acids is 2. The number of hydrogen-bond acceptors (Lipinski definition) is 6. The lowest BCUT2D eigenvalue weighted by atomic mass is 10.2. The lowest BCUT2D eigenvalue weighted by molar-refractivity contribution is -0.123. The van der Waals surface area contributed by atoms with Crippen LogP contribution in [0.25, 0.3) is 0 Å². The van der Waals surface area contributed by atoms with E-state index < -0.39 is 21.8 Å². The molecule has 0 aliphatic rings. The average Bonchev–Trinajstić information content (AvgIpc) is 2.80. The summed E-state index contributed by atoms with van der Waals surface area (Å²) in [5, 5.41) is 0. The number of ether oxygens (including phenoxy) is 2. The summed E-state index contributed by atoms with van der Waals surface area (Å²) in [4.78, 5) is 24.2. The number of nitrogens with one attached hydrogen (secondary N) is 3. The Kier molecular flexibility index (Phi) is 7.87. The normalized spacial score (nSPS) is 10.7. The first-order valence-electron chi connectivity index (χ1n) is 9.85. The van der Waals surface area contributed by atoms with E-state index in [-0.39, 0.29) is 17.9 Å². The second-order valence-corrected chi connectivity index (χ2v) is 8.74. The maximum atomic E-state index is 12.2. The van der Waals surface area contributed by atoms with Crippen LogP contribution in [0.2, 0.25) is 0 Å². The SMILES string of the molecule is CS(=O)(=O)Nc1cccc(C(=O)NNC(=O)COc2ccc(OCc3ccccc3)cc2)c1. The second-order valence-electron chi connectivity index (χ2n) is 6.99. The van der Waals surface area contributed by atoms with Crippen LogP contribution in [0.15, 0.2) is 78.9 Å². The third-order valence-corrected chi connectivity index (χ3v) is 4.79. The van der Waals surface area contributed by atoms with Crippen LogP contribution in [0, 0.1) is 0 Å². The average molecular weight is 470 g/mol. The monoisotopic (exact) mass is 469 g/mol. The summed E-state index contributed by atoms with van der Waals surface area (Å²) >= 11 is 0. The van der Waals surface area contributed by atoms with Crippen LogP contribution in [0.3, 0.4) is 0 Å². The molecule has 0 fully saturated rings. The minimum Gasteiger partial charge on any atom is -0.489 e. The summed E-state index contributed by atoms with van der Waals surface area (Å²) < 4.78 is 36.0. The predicted molar refractivity (Wildman–Crippen MR) is 123 cm³/mol. The standard InChI is InChI=1S/C23H23N3O6S/c1-33(29,30)26-19-9-5-8-18(14-19)23(28)25-24-22(27)16-32-21-12-10-20(11-13-21)31-15-17-6-3-2-4-7-17/h2-14,26H,15-16H2,1H3,(H,24,27)(H,25,28). The molecule has 0 aromatic heterocycles. The molecule has 0 bridgehead atoms. The molecule has 2 amide bonds. The van der Waals surface area contributed by atoms with Crippen molar-refractivity contribution in [2.75, 3.05) is 17.6 Å². The minimum atomic E-state index is -3.47. The van der Waals surface area contributed by atoms with Gasteiger partial charge in [0.15, 0.2) is 6.61 Å². The van der Waals surface area contributed by atoms with Gasteiger partial charge in [0, 0.05) is 11.3 Å². The number of amides is 2. The number of benzene rings is 3. The van der Waals surface area contributed by atoms with Crippen LogP contribution in [0.4, 0.5) is 5.69 Å². The fraction of sp³-hybridized carbons (Fsp3) is 0.130. The van der Waals surface area contributed by atoms with Gasteiger partial charge in [-0.15, -0.1) is 0 Å². The lowest BCUT2D eigenvalue weighted by Crippen LogP contribution is -2.43. The number of rotatable bonds is 9. The number of anilines is 1. The molecule has 33 heavy (non-hydrogen) atoms. The maximum Gasteiger partial charge on any atom is 0.276 e. The van der Waals surface area contributed by atoms with Crippen LogP contribution < -0.4 is 25.0 Å². The molecule has 0 atom stereocenters. The summed E-state index contributed by atoms with van der Waals surface area (Å²) in [5.74, 6) is -0.0582. The van der Waals surface area contributed by atoms with E-state index in [2.05, 4.69) is 15.6 Å². The van der Waals surface area contributed by atoms with Crippen molar-refractivity contribution in [2.24, 2.45) is 0 Å². The summed E-state index contributed by atoms with van der Waals surface area (Å²) in [6.45, 7) is 0.122. The first-order chi connectivity index (χ1) is 15.8. The highest BCUT2D eigenvalue weighted by molar-refractivity contribution is 7.92. The third-order valence-electron chi connectivity index (χ3n) is 4.19. The van der Waals surface area contributed by atoms with Gasteiger partial charge in [0.25, 0.3) is 11.8 Å². The van der Waals surface area contributed by atoms with E-state index in [1.807, 2.05) is 30.3 Å². The van der Waals surface area contributed by atoms with Crippen molar-refractivity contribution in [2.45, 2.75) is 6.61 Å². The van der Waals surface area contributed by atoms with E-state index in [0.29, 0.717) is 18.1 Å². The van der Waals surface area contributed by atoms with E-state index in [0.717, 1.165) is 11.8 Å². The zero-order valence-corrected chi connectivity index (χ0v) is 18.6. The fourth-order valence-electron chi connectivity index (χ4n) is 2.69. The van der Waals surface area contributed by atoms with Crippen LogP contribution in [-0.4, -0.2) is 33.1 Å². The Balaban J connectivity index is 1.42. The van der Waals surface area contributed by atoms with Gasteiger partial charge in [-0.25, -0.2) is 8.42 Å². The highest BCUT2D eigenvalue weighted by Gasteiger charge is 2.10. The van der Waals surface area contributed by atoms with Crippen molar-refractivity contribution < 1.29 is 27.5 Å². The quantitative estimate of drug-likeness (QED) is 0.414. The van der Waals surface area contributed by atoms with Gasteiger partial charge in [-0.3, -0.25) is 25.2 Å². The Labute approximate surface area is 191 Å². The molecule has 0 radical (unpaired) electrons. The molecule has 0 saturated carbocycles. The topological polar surface area (TPSA) is 123 Å². The Hall–Kier alpha value is -4.05. The van der Waals surface area contributed by atoms with Gasteiger partial charge in [-0.1, -0.05) is 36.4 Å². The molecule has 3 N–H and O–H groups in total. The number of sulfonamides is 1. The first-order valence-corrected chi connectivity index (χ1v) is 11.7. The largest absolute Gasteiger partial charge is 0.489 e. The summed E-state index contributed by atoms with van der Waals surface area (Å²) in [5.41, 5.74) is 5.94. The molecule has 0 spiro atoms. The molecule has 0 aliphatic carbocycles. The number of hydrazine groups is 1. The Bertz CT molecular complexity index is 1200. The van der Waals surface area contributed by atoms with E-state index in [4.69, 9.17) is 9.47 Å². The second kappa shape index (κ2) is 11.0. The molecule has 3 aromatic carbocycles. The third kappa shape index (κ3) is 8.19. The zero-order chi connectivity index (χ0) is 23.7. The summed E-state index contributed by atoms with van der Waals surface area (Å²) in [6, 6.07) is 22.4. The number of carbonyl (C=O) groups is 2. The van der Waals surface area contributed by atoms with Gasteiger partial charge >= 0.3 is 0 Å². The Morgan fingerprint density at radius 1 is 0.818 bits per heavy atom. The van der Waals surface area contributed by atoms with Crippen molar-refractivity contribution in [3.8, 4) is 11.5 Å². The molecule has 10 heteroatoms. The van der Waals surface area contributed by atoms with Gasteiger partial charge in [0.05, 0.1) is 6.26 Å². The molecule has 0 saturated heterocycles. The molecule has 0 heterocycles. The predicted octanol–water partition coefficient (Wildman–Crippen LogP) is 2.48. The fourth-order valence-corrected chi connectivity index (χ4v) is 3.25. The number of hydrogen-bond donors (Lipinski definition) is 3. The van der Waals surface area contributed by atoms with E-state index in [9.17, 15) is 18.0 Å². The molecule has 3 rings (SSSR count). The van der Waals surface area contributed by atoms with Gasteiger partial charge < -0.3 is 9.47 Å². The molecule has 0 unspecified atom stereocenters. The van der Waals surface area contributed by atoms with Crippen molar-refractivity contribution in [1.29, 1.82) is 0 Å². The Morgan fingerprint density at radius 2 is 1.48 bits per heavy atom. The molecular weight excluding hydrogens is 446 g/mol. The smallest absolute Gasteiger partial charge is 0.276 e. The summed E-state index contributed by atoms with van der Waals surface area (Å²) in [6.07, 6.45) is 1.01. The van der Waals surface area contributed by atoms with Crippen molar-refractivity contribution in [3.63, 3.8) is 0 Å². The van der Waals surface area contributed by atoms with Crippen LogP contribution in [0.5, 0.6) is 11.5 Å². The van der Waals surface area contributed by atoms with Gasteiger partial charge in [-0.05, 0) is 48.0 Å². The van der Waals surface area contributed by atoms with Crippen molar-refractivity contribution in [1.82, 2.24) is 10.9 Å². The molecule has 3 aromatic rings. The molecular formula is C23H23N3O6S. The van der Waals surface area contributed by atoms with Crippen molar-refractivity contribution >= 4 is 27.5 Å². The Morgan fingerprint density at radius 3 is 2.15 bits per heavy atom. The van der Waals surface area contributed by atoms with Gasteiger partial charge in [0.1, 0.15) is 18.1 Å². The van der Waals surface area contributed by atoms with Crippen LogP contribution in [0.1, 0.15) is 15.9 Å². The lowest BCUT2D eigenvalue weighted by Gasteiger charge is -2.11. The summed E-state index contributed by atoms with van der Waals surface area (Å²) in [7, 11) is -3.47. The molecule has 9 nitrogen and oxygen atoms in total. The van der Waals surface area contributed by atoms with E-state index >= 15 is 0 Å². The first kappa shape index (κ1) is 23.6. The van der Waals surface area contributed by atoms with Gasteiger partial charge in [0.2, 0.25) is 10.0 Å². The highest BCUT2D eigenvalue weighted by atomic mass is 32.2. The van der Waals surface area contributed by atoms with E-state index in [1.165, 1.54) is 24.3 Å². The molecule has 172 valence electrons. The van der Waals surface area contributed by atoms with Crippen molar-refractivity contribution in [3.05, 3.63) is 90.0 Å².